The molecular formula is C14H15ClN4. The molecule has 0 fully saturated rings. The Labute approximate surface area is 117 Å². The first kappa shape index (κ1) is 12.2. The van der Waals surface area contributed by atoms with Gasteiger partial charge in [-0.1, -0.05) is 35.9 Å². The fourth-order valence-corrected chi connectivity index (χ4v) is 2.70. The number of aryl methyl sites for hydroxylation is 1. The fraction of sp³-hybridized carbons (Fsp3) is 0.286. The average molecular weight is 275 g/mol. The predicted octanol–water partition coefficient (Wildman–Crippen LogP) is 3.20. The van der Waals surface area contributed by atoms with E-state index in [0.717, 1.165) is 19.3 Å². The van der Waals surface area contributed by atoms with E-state index in [4.69, 9.17) is 17.3 Å². The number of nitrogens with one attached hydrogen (secondary N) is 1. The van der Waals surface area contributed by atoms with Gasteiger partial charge >= 0.3 is 0 Å². The van der Waals surface area contributed by atoms with Crippen molar-refractivity contribution in [2.75, 3.05) is 11.1 Å². The minimum Gasteiger partial charge on any atom is -0.368 e. The Balaban J connectivity index is 1.90. The summed E-state index contributed by atoms with van der Waals surface area (Å²) in [5, 5.41) is 3.88. The van der Waals surface area contributed by atoms with E-state index in [9.17, 15) is 0 Å². The normalized spacial score (nSPS) is 17.8. The number of aromatic nitrogens is 2. The molecule has 1 aromatic carbocycles. The highest BCUT2D eigenvalue weighted by atomic mass is 35.5. The lowest BCUT2D eigenvalue weighted by Crippen LogP contribution is -2.18. The van der Waals surface area contributed by atoms with Crippen LogP contribution in [0.15, 0.2) is 30.5 Å². The molecule has 1 unspecified atom stereocenters. The van der Waals surface area contributed by atoms with E-state index >= 15 is 0 Å². The maximum absolute atomic E-state index is 6.10. The number of rotatable bonds is 2. The molecule has 0 amide bonds. The number of nitrogen functional groups attached to an aromatic ring is 1. The van der Waals surface area contributed by atoms with Crippen LogP contribution in [0.4, 0.5) is 11.8 Å². The number of anilines is 2. The van der Waals surface area contributed by atoms with Gasteiger partial charge < -0.3 is 11.1 Å². The molecule has 0 saturated heterocycles. The largest absolute Gasteiger partial charge is 0.368 e. The molecular weight excluding hydrogens is 260 g/mol. The Morgan fingerprint density at radius 3 is 3.05 bits per heavy atom. The lowest BCUT2D eigenvalue weighted by atomic mass is 9.88. The summed E-state index contributed by atoms with van der Waals surface area (Å²) in [5.74, 6) is 0.840. The molecule has 19 heavy (non-hydrogen) atoms. The van der Waals surface area contributed by atoms with E-state index in [2.05, 4.69) is 39.6 Å². The molecule has 3 N–H and O–H groups in total. The van der Waals surface area contributed by atoms with Crippen molar-refractivity contribution in [2.45, 2.75) is 25.3 Å². The topological polar surface area (TPSA) is 63.8 Å². The zero-order valence-corrected chi connectivity index (χ0v) is 11.2. The van der Waals surface area contributed by atoms with E-state index < -0.39 is 0 Å². The third kappa shape index (κ3) is 2.49. The standard InChI is InChI=1S/C14H15ClN4/c15-11-8-17-14(16)19-13(11)18-12-7-3-5-9-4-1-2-6-10(9)12/h1-2,4,6,8,12H,3,5,7H2,(H3,16,17,18,19). The second kappa shape index (κ2) is 5.05. The van der Waals surface area contributed by atoms with Crippen LogP contribution in [0.25, 0.3) is 0 Å². The molecule has 0 radical (unpaired) electrons. The average Bonchev–Trinajstić information content (AvgIpc) is 2.43. The van der Waals surface area contributed by atoms with E-state index in [-0.39, 0.29) is 12.0 Å². The monoisotopic (exact) mass is 274 g/mol. The first-order chi connectivity index (χ1) is 9.24. The molecule has 2 aromatic rings. The zero-order valence-electron chi connectivity index (χ0n) is 10.4. The molecule has 1 aliphatic carbocycles. The molecule has 1 aromatic heterocycles. The highest BCUT2D eigenvalue weighted by molar-refractivity contribution is 6.32. The Morgan fingerprint density at radius 2 is 2.16 bits per heavy atom. The minimum absolute atomic E-state index is 0.232. The van der Waals surface area contributed by atoms with Crippen LogP contribution in [-0.4, -0.2) is 9.97 Å². The van der Waals surface area contributed by atoms with E-state index in [1.54, 1.807) is 0 Å². The summed E-state index contributed by atoms with van der Waals surface area (Å²) in [6.07, 6.45) is 4.89. The van der Waals surface area contributed by atoms with Gasteiger partial charge in [0.1, 0.15) is 5.02 Å². The lowest BCUT2D eigenvalue weighted by molar-refractivity contribution is 0.598. The Hall–Kier alpha value is -1.81. The van der Waals surface area contributed by atoms with Crippen LogP contribution in [0, 0.1) is 0 Å². The minimum atomic E-state index is 0.232. The van der Waals surface area contributed by atoms with Crippen molar-refractivity contribution in [2.24, 2.45) is 0 Å². The summed E-state index contributed by atoms with van der Waals surface area (Å²) in [5.41, 5.74) is 8.32. The molecule has 5 heteroatoms. The number of hydrogen-bond donors (Lipinski definition) is 2. The van der Waals surface area contributed by atoms with Gasteiger partial charge in [0.2, 0.25) is 5.95 Å². The number of nitrogens with two attached hydrogens (primary N) is 1. The van der Waals surface area contributed by atoms with Gasteiger partial charge in [0.05, 0.1) is 12.2 Å². The first-order valence-corrected chi connectivity index (χ1v) is 6.74. The van der Waals surface area contributed by atoms with Crippen LogP contribution >= 0.6 is 11.6 Å². The van der Waals surface area contributed by atoms with Gasteiger partial charge in [-0.15, -0.1) is 0 Å². The zero-order chi connectivity index (χ0) is 13.2. The van der Waals surface area contributed by atoms with Gasteiger partial charge in [0.25, 0.3) is 0 Å². The van der Waals surface area contributed by atoms with Crippen LogP contribution in [0.1, 0.15) is 30.0 Å². The fourth-order valence-electron chi connectivity index (χ4n) is 2.55. The van der Waals surface area contributed by atoms with Crippen molar-refractivity contribution in [3.63, 3.8) is 0 Å². The second-order valence-electron chi connectivity index (χ2n) is 4.71. The quantitative estimate of drug-likeness (QED) is 0.883. The van der Waals surface area contributed by atoms with Crippen molar-refractivity contribution in [1.29, 1.82) is 0 Å². The van der Waals surface area contributed by atoms with Gasteiger partial charge in [-0.3, -0.25) is 0 Å². The molecule has 1 atom stereocenters. The maximum atomic E-state index is 6.10. The van der Waals surface area contributed by atoms with Crippen LogP contribution in [0.3, 0.4) is 0 Å². The molecule has 1 aliphatic rings. The van der Waals surface area contributed by atoms with Crippen LogP contribution in [0.5, 0.6) is 0 Å². The summed E-state index contributed by atoms with van der Waals surface area (Å²) >= 11 is 6.10. The third-order valence-electron chi connectivity index (χ3n) is 3.44. The van der Waals surface area contributed by atoms with E-state index in [0.29, 0.717) is 10.8 Å². The van der Waals surface area contributed by atoms with Gasteiger partial charge in [-0.05, 0) is 30.4 Å². The molecule has 0 saturated carbocycles. The Morgan fingerprint density at radius 1 is 1.32 bits per heavy atom. The summed E-state index contributed by atoms with van der Waals surface area (Å²) in [7, 11) is 0. The highest BCUT2D eigenvalue weighted by Crippen LogP contribution is 2.33. The van der Waals surface area contributed by atoms with Crippen molar-refractivity contribution >= 4 is 23.4 Å². The van der Waals surface area contributed by atoms with Crippen LogP contribution < -0.4 is 11.1 Å². The summed E-state index contributed by atoms with van der Waals surface area (Å²) in [6, 6.07) is 8.71. The highest BCUT2D eigenvalue weighted by Gasteiger charge is 2.20. The summed E-state index contributed by atoms with van der Waals surface area (Å²) in [6.45, 7) is 0. The molecule has 0 bridgehead atoms. The van der Waals surface area contributed by atoms with Crippen LogP contribution in [0.2, 0.25) is 5.02 Å². The number of halogens is 1. The summed E-state index contributed by atoms with van der Waals surface area (Å²) in [4.78, 5) is 8.03. The molecule has 0 spiro atoms. The van der Waals surface area contributed by atoms with Crippen molar-refractivity contribution < 1.29 is 0 Å². The van der Waals surface area contributed by atoms with Crippen molar-refractivity contribution in [3.8, 4) is 0 Å². The maximum Gasteiger partial charge on any atom is 0.222 e. The van der Waals surface area contributed by atoms with Gasteiger partial charge in [0, 0.05) is 0 Å². The molecule has 98 valence electrons. The van der Waals surface area contributed by atoms with Gasteiger partial charge in [-0.2, -0.15) is 4.98 Å². The first-order valence-electron chi connectivity index (χ1n) is 6.36. The smallest absolute Gasteiger partial charge is 0.222 e. The molecule has 1 heterocycles. The number of fused-ring (bicyclic) bond motifs is 1. The SMILES string of the molecule is Nc1ncc(Cl)c(NC2CCCc3ccccc32)n1. The van der Waals surface area contributed by atoms with E-state index in [1.807, 2.05) is 0 Å². The molecule has 0 aliphatic heterocycles. The summed E-state index contributed by atoms with van der Waals surface area (Å²) < 4.78 is 0. The third-order valence-corrected chi connectivity index (χ3v) is 3.72. The van der Waals surface area contributed by atoms with E-state index in [1.165, 1.54) is 17.3 Å². The predicted molar refractivity (Wildman–Crippen MR) is 77.2 cm³/mol. The van der Waals surface area contributed by atoms with Gasteiger partial charge in [0.15, 0.2) is 5.82 Å². The molecule has 4 nitrogen and oxygen atoms in total. The second-order valence-corrected chi connectivity index (χ2v) is 5.12. The Bertz CT molecular complexity index is 600. The van der Waals surface area contributed by atoms with Crippen molar-refractivity contribution in [3.05, 3.63) is 46.6 Å². The molecule has 3 rings (SSSR count). The Kier molecular flexibility index (Phi) is 3.25. The number of hydrogen-bond acceptors (Lipinski definition) is 4. The number of nitrogens with zero attached hydrogens (tertiary/aromatic N) is 2. The van der Waals surface area contributed by atoms with Gasteiger partial charge in [-0.25, -0.2) is 4.98 Å². The van der Waals surface area contributed by atoms with Crippen molar-refractivity contribution in [1.82, 2.24) is 9.97 Å². The number of benzene rings is 1. The van der Waals surface area contributed by atoms with Crippen LogP contribution in [-0.2, 0) is 6.42 Å². The lowest BCUT2D eigenvalue weighted by Gasteiger charge is -2.27.